The zero-order valence-corrected chi connectivity index (χ0v) is 10.5. The van der Waals surface area contributed by atoms with E-state index in [0.717, 1.165) is 32.5 Å². The van der Waals surface area contributed by atoms with Crippen molar-refractivity contribution in [2.75, 3.05) is 13.1 Å². The minimum Gasteiger partial charge on any atom is -0.390 e. The smallest absolute Gasteiger partial charge is 0.0644 e. The molecule has 0 radical (unpaired) electrons. The highest BCUT2D eigenvalue weighted by molar-refractivity contribution is 5.23. The van der Waals surface area contributed by atoms with Crippen molar-refractivity contribution in [3.8, 4) is 0 Å². The van der Waals surface area contributed by atoms with Gasteiger partial charge < -0.3 is 10.8 Å². The first-order chi connectivity index (χ1) is 8.09. The molecule has 1 aromatic rings. The highest BCUT2D eigenvalue weighted by Gasteiger charge is 2.26. The van der Waals surface area contributed by atoms with Crippen LogP contribution in [0, 0.1) is 0 Å². The normalized spacial score (nSPS) is 20.4. The number of hydrogen-bond acceptors (Lipinski definition) is 3. The number of hydrogen-bond donors (Lipinski definition) is 2. The molecule has 94 valence electrons. The Morgan fingerprint density at radius 1 is 1.29 bits per heavy atom. The van der Waals surface area contributed by atoms with Gasteiger partial charge in [0.15, 0.2) is 0 Å². The van der Waals surface area contributed by atoms with Crippen LogP contribution in [0.4, 0.5) is 0 Å². The van der Waals surface area contributed by atoms with E-state index in [-0.39, 0.29) is 0 Å². The summed E-state index contributed by atoms with van der Waals surface area (Å²) in [4.78, 5) is 2.40. The standard InChI is InChI=1S/C14H22N2O/c1-14(17)5-7-16(8-6-14)11-13-4-2-3-12(9-13)10-15/h2-4,9,17H,5-8,10-11,15H2,1H3. The van der Waals surface area contributed by atoms with E-state index in [0.29, 0.717) is 6.54 Å². The predicted molar refractivity (Wildman–Crippen MR) is 69.5 cm³/mol. The fourth-order valence-corrected chi connectivity index (χ4v) is 2.31. The number of aliphatic hydroxyl groups is 1. The Labute approximate surface area is 103 Å². The van der Waals surface area contributed by atoms with E-state index in [1.54, 1.807) is 0 Å². The summed E-state index contributed by atoms with van der Waals surface area (Å²) in [7, 11) is 0. The van der Waals surface area contributed by atoms with E-state index in [9.17, 15) is 5.11 Å². The molecular formula is C14H22N2O. The summed E-state index contributed by atoms with van der Waals surface area (Å²) in [5.74, 6) is 0. The molecule has 0 atom stereocenters. The molecule has 3 nitrogen and oxygen atoms in total. The van der Waals surface area contributed by atoms with E-state index >= 15 is 0 Å². The summed E-state index contributed by atoms with van der Waals surface area (Å²) in [5, 5.41) is 9.90. The summed E-state index contributed by atoms with van der Waals surface area (Å²) in [6, 6.07) is 8.45. The second kappa shape index (κ2) is 5.17. The number of benzene rings is 1. The van der Waals surface area contributed by atoms with E-state index < -0.39 is 5.60 Å². The van der Waals surface area contributed by atoms with Gasteiger partial charge in [-0.15, -0.1) is 0 Å². The highest BCUT2D eigenvalue weighted by atomic mass is 16.3. The molecule has 0 saturated carbocycles. The topological polar surface area (TPSA) is 49.5 Å². The fourth-order valence-electron chi connectivity index (χ4n) is 2.31. The van der Waals surface area contributed by atoms with Crippen molar-refractivity contribution in [1.29, 1.82) is 0 Å². The maximum Gasteiger partial charge on any atom is 0.0644 e. The Kier molecular flexibility index (Phi) is 3.82. The lowest BCUT2D eigenvalue weighted by Gasteiger charge is -2.35. The van der Waals surface area contributed by atoms with Crippen LogP contribution in [0.2, 0.25) is 0 Å². The first-order valence-corrected chi connectivity index (χ1v) is 6.32. The van der Waals surface area contributed by atoms with Crippen molar-refractivity contribution in [2.45, 2.75) is 38.5 Å². The van der Waals surface area contributed by atoms with Crippen LogP contribution in [0.3, 0.4) is 0 Å². The summed E-state index contributed by atoms with van der Waals surface area (Å²) in [6.07, 6.45) is 1.73. The Bertz CT molecular complexity index is 366. The molecular weight excluding hydrogens is 212 g/mol. The second-order valence-electron chi connectivity index (χ2n) is 5.30. The molecule has 3 N–H and O–H groups in total. The Morgan fingerprint density at radius 2 is 1.94 bits per heavy atom. The molecule has 1 aromatic carbocycles. The van der Waals surface area contributed by atoms with E-state index in [1.807, 2.05) is 6.92 Å². The molecule has 3 heteroatoms. The van der Waals surface area contributed by atoms with Crippen LogP contribution in [0.5, 0.6) is 0 Å². The minimum atomic E-state index is -0.463. The summed E-state index contributed by atoms with van der Waals surface area (Å²) in [5.41, 5.74) is 7.68. The Morgan fingerprint density at radius 3 is 2.59 bits per heavy atom. The molecule has 1 saturated heterocycles. The van der Waals surface area contributed by atoms with Gasteiger partial charge in [-0.3, -0.25) is 4.90 Å². The van der Waals surface area contributed by atoms with Crippen LogP contribution >= 0.6 is 0 Å². The van der Waals surface area contributed by atoms with Crippen molar-refractivity contribution >= 4 is 0 Å². The molecule has 1 aliphatic rings. The Balaban J connectivity index is 1.93. The van der Waals surface area contributed by atoms with E-state index in [4.69, 9.17) is 5.73 Å². The van der Waals surface area contributed by atoms with Gasteiger partial charge in [0.05, 0.1) is 5.60 Å². The largest absolute Gasteiger partial charge is 0.390 e. The molecule has 0 aromatic heterocycles. The Hall–Kier alpha value is -0.900. The molecule has 2 rings (SSSR count). The van der Waals surface area contributed by atoms with Gasteiger partial charge in [0.25, 0.3) is 0 Å². The van der Waals surface area contributed by atoms with Gasteiger partial charge >= 0.3 is 0 Å². The minimum absolute atomic E-state index is 0.463. The lowest BCUT2D eigenvalue weighted by molar-refractivity contribution is -0.00730. The van der Waals surface area contributed by atoms with Gasteiger partial charge in [0.2, 0.25) is 0 Å². The van der Waals surface area contributed by atoms with Gasteiger partial charge in [0.1, 0.15) is 0 Å². The molecule has 17 heavy (non-hydrogen) atoms. The number of nitrogens with zero attached hydrogens (tertiary/aromatic N) is 1. The molecule has 1 heterocycles. The van der Waals surface area contributed by atoms with Gasteiger partial charge in [-0.1, -0.05) is 24.3 Å². The molecule has 0 spiro atoms. The molecule has 0 bridgehead atoms. The van der Waals surface area contributed by atoms with Crippen LogP contribution in [0.1, 0.15) is 30.9 Å². The van der Waals surface area contributed by atoms with Crippen molar-refractivity contribution < 1.29 is 5.11 Å². The van der Waals surface area contributed by atoms with Crippen LogP contribution in [0.15, 0.2) is 24.3 Å². The summed E-state index contributed by atoms with van der Waals surface area (Å²) < 4.78 is 0. The highest BCUT2D eigenvalue weighted by Crippen LogP contribution is 2.22. The maximum absolute atomic E-state index is 9.90. The van der Waals surface area contributed by atoms with Gasteiger partial charge in [-0.05, 0) is 30.9 Å². The van der Waals surface area contributed by atoms with Crippen molar-refractivity contribution in [3.63, 3.8) is 0 Å². The SMILES string of the molecule is CC1(O)CCN(Cc2cccc(CN)c2)CC1. The summed E-state index contributed by atoms with van der Waals surface area (Å²) >= 11 is 0. The molecule has 1 aliphatic heterocycles. The zero-order chi connectivity index (χ0) is 12.3. The number of piperidine rings is 1. The number of nitrogens with two attached hydrogens (primary N) is 1. The van der Waals surface area contributed by atoms with Gasteiger partial charge in [0, 0.05) is 26.2 Å². The fraction of sp³-hybridized carbons (Fsp3) is 0.571. The number of rotatable bonds is 3. The van der Waals surface area contributed by atoms with Crippen molar-refractivity contribution in [1.82, 2.24) is 4.90 Å². The van der Waals surface area contributed by atoms with E-state index in [2.05, 4.69) is 29.2 Å². The second-order valence-corrected chi connectivity index (χ2v) is 5.30. The quantitative estimate of drug-likeness (QED) is 0.833. The maximum atomic E-state index is 9.90. The summed E-state index contributed by atoms with van der Waals surface area (Å²) in [6.45, 7) is 5.44. The third-order valence-electron chi connectivity index (χ3n) is 3.57. The van der Waals surface area contributed by atoms with Crippen molar-refractivity contribution in [2.24, 2.45) is 5.73 Å². The lowest BCUT2D eigenvalue weighted by Crippen LogP contribution is -2.41. The third-order valence-corrected chi connectivity index (χ3v) is 3.57. The van der Waals surface area contributed by atoms with Crippen LogP contribution in [-0.4, -0.2) is 28.7 Å². The van der Waals surface area contributed by atoms with Crippen LogP contribution < -0.4 is 5.73 Å². The first-order valence-electron chi connectivity index (χ1n) is 6.32. The average Bonchev–Trinajstić information content (AvgIpc) is 2.32. The van der Waals surface area contributed by atoms with Gasteiger partial charge in [-0.25, -0.2) is 0 Å². The van der Waals surface area contributed by atoms with Crippen LogP contribution in [-0.2, 0) is 13.1 Å². The molecule has 0 aliphatic carbocycles. The van der Waals surface area contributed by atoms with Gasteiger partial charge in [-0.2, -0.15) is 0 Å². The molecule has 1 fully saturated rings. The van der Waals surface area contributed by atoms with Crippen molar-refractivity contribution in [3.05, 3.63) is 35.4 Å². The van der Waals surface area contributed by atoms with E-state index in [1.165, 1.54) is 11.1 Å². The zero-order valence-electron chi connectivity index (χ0n) is 10.5. The van der Waals surface area contributed by atoms with Crippen LogP contribution in [0.25, 0.3) is 0 Å². The lowest BCUT2D eigenvalue weighted by atomic mass is 9.93. The first kappa shape index (κ1) is 12.6. The monoisotopic (exact) mass is 234 g/mol. The molecule has 0 unspecified atom stereocenters. The predicted octanol–water partition coefficient (Wildman–Crippen LogP) is 1.49. The number of likely N-dealkylation sites (tertiary alicyclic amines) is 1. The third kappa shape index (κ3) is 3.53. The average molecular weight is 234 g/mol. The molecule has 0 amide bonds.